The maximum absolute atomic E-state index is 12.6. The van der Waals surface area contributed by atoms with Gasteiger partial charge < -0.3 is 10.2 Å². The summed E-state index contributed by atoms with van der Waals surface area (Å²) in [5.74, 6) is 1.08. The molecule has 1 aliphatic heterocycles. The number of benzene rings is 1. The highest BCUT2D eigenvalue weighted by atomic mass is 16.5. The lowest BCUT2D eigenvalue weighted by Crippen LogP contribution is -2.45. The number of hydrogen-bond acceptors (Lipinski definition) is 4. The van der Waals surface area contributed by atoms with Crippen LogP contribution in [0, 0.1) is 11.3 Å². The molecule has 3 rings (SSSR count). The smallest absolute Gasteiger partial charge is 0.144 e. The molecule has 1 heterocycles. The van der Waals surface area contributed by atoms with E-state index in [1.54, 1.807) is 0 Å². The van der Waals surface area contributed by atoms with Gasteiger partial charge in [0.05, 0.1) is 24.3 Å². The maximum atomic E-state index is 12.6. The van der Waals surface area contributed by atoms with Crippen molar-refractivity contribution in [2.45, 2.75) is 52.5 Å². The molecule has 1 saturated carbocycles. The van der Waals surface area contributed by atoms with Crippen LogP contribution < -0.4 is 10.2 Å². The molecular formula is C19H26N2O2. The summed E-state index contributed by atoms with van der Waals surface area (Å²) in [5.41, 5.74) is 5.15. The Balaban J connectivity index is 1.71. The molecule has 4 heteroatoms. The Morgan fingerprint density at radius 1 is 1.30 bits per heavy atom. The lowest BCUT2D eigenvalue weighted by atomic mass is 9.68. The van der Waals surface area contributed by atoms with E-state index in [4.69, 9.17) is 4.74 Å². The van der Waals surface area contributed by atoms with Crippen molar-refractivity contribution < 1.29 is 9.53 Å². The normalized spacial score (nSPS) is 25.5. The zero-order chi connectivity index (χ0) is 16.4. The van der Waals surface area contributed by atoms with Crippen LogP contribution >= 0.6 is 0 Å². The molecule has 0 saturated heterocycles. The van der Waals surface area contributed by atoms with E-state index in [0.717, 1.165) is 42.9 Å². The van der Waals surface area contributed by atoms with E-state index in [9.17, 15) is 4.79 Å². The van der Waals surface area contributed by atoms with Crippen LogP contribution in [0.3, 0.4) is 0 Å². The third kappa shape index (κ3) is 3.41. The van der Waals surface area contributed by atoms with Gasteiger partial charge in [-0.05, 0) is 48.1 Å². The van der Waals surface area contributed by atoms with Crippen molar-refractivity contribution in [1.82, 2.24) is 5.43 Å². The molecule has 0 bridgehead atoms. The predicted molar refractivity (Wildman–Crippen MR) is 91.8 cm³/mol. The lowest BCUT2D eigenvalue weighted by molar-refractivity contribution is -0.126. The second-order valence-corrected chi connectivity index (χ2v) is 7.45. The van der Waals surface area contributed by atoms with Gasteiger partial charge in [0.15, 0.2) is 0 Å². The Labute approximate surface area is 138 Å². The second kappa shape index (κ2) is 6.34. The minimum absolute atomic E-state index is 0.0627. The second-order valence-electron chi connectivity index (χ2n) is 7.45. The lowest BCUT2D eigenvalue weighted by Gasteiger charge is -2.36. The number of unbranched alkanes of at least 4 members (excludes halogenated alkanes) is 1. The third-order valence-corrected chi connectivity index (χ3v) is 4.74. The van der Waals surface area contributed by atoms with E-state index >= 15 is 0 Å². The van der Waals surface area contributed by atoms with Gasteiger partial charge in [-0.15, -0.1) is 0 Å². The first-order valence-corrected chi connectivity index (χ1v) is 8.59. The van der Waals surface area contributed by atoms with Crippen LogP contribution in [0.5, 0.6) is 5.75 Å². The van der Waals surface area contributed by atoms with E-state index in [1.807, 2.05) is 24.3 Å². The van der Waals surface area contributed by atoms with E-state index in [2.05, 4.69) is 31.3 Å². The zero-order valence-corrected chi connectivity index (χ0v) is 14.3. The van der Waals surface area contributed by atoms with Crippen LogP contribution in [0.1, 0.15) is 52.0 Å². The van der Waals surface area contributed by atoms with Crippen LogP contribution in [-0.4, -0.2) is 24.1 Å². The number of ether oxygens (including phenoxy) is 1. The van der Waals surface area contributed by atoms with Gasteiger partial charge in [-0.25, -0.2) is 0 Å². The Morgan fingerprint density at radius 2 is 2.04 bits per heavy atom. The van der Waals surface area contributed by atoms with Crippen molar-refractivity contribution in [2.24, 2.45) is 16.4 Å². The highest BCUT2D eigenvalue weighted by molar-refractivity contribution is 6.15. The van der Waals surface area contributed by atoms with Crippen LogP contribution in [0.15, 0.2) is 29.4 Å². The van der Waals surface area contributed by atoms with Crippen LogP contribution in [-0.2, 0) is 4.79 Å². The SMILES string of the molecule is CCCCOc1ccc(C2=NN[C@H]3CC(C)(C)CC(=O)[C@H]23)cc1. The fraction of sp³-hybridized carbons (Fsp3) is 0.579. The van der Waals surface area contributed by atoms with Crippen LogP contribution in [0.4, 0.5) is 0 Å². The number of nitrogens with zero attached hydrogens (tertiary/aromatic N) is 1. The fourth-order valence-corrected chi connectivity index (χ4v) is 3.58. The molecule has 0 radical (unpaired) electrons. The summed E-state index contributed by atoms with van der Waals surface area (Å²) in [6.07, 6.45) is 3.80. The number of carbonyl (C=O) groups is 1. The monoisotopic (exact) mass is 314 g/mol. The first kappa shape index (κ1) is 16.0. The zero-order valence-electron chi connectivity index (χ0n) is 14.3. The van der Waals surface area contributed by atoms with Gasteiger partial charge in [0.1, 0.15) is 11.5 Å². The fourth-order valence-electron chi connectivity index (χ4n) is 3.58. The number of ketones is 1. The van der Waals surface area contributed by atoms with E-state index in [-0.39, 0.29) is 17.4 Å². The number of hydrogen-bond donors (Lipinski definition) is 1. The average molecular weight is 314 g/mol. The van der Waals surface area contributed by atoms with Gasteiger partial charge in [0.2, 0.25) is 0 Å². The number of rotatable bonds is 5. The van der Waals surface area contributed by atoms with Gasteiger partial charge in [0.25, 0.3) is 0 Å². The van der Waals surface area contributed by atoms with Crippen LogP contribution in [0.25, 0.3) is 0 Å². The van der Waals surface area contributed by atoms with E-state index in [1.165, 1.54) is 0 Å². The largest absolute Gasteiger partial charge is 0.494 e. The number of hydrazone groups is 1. The molecular weight excluding hydrogens is 288 g/mol. The Bertz CT molecular complexity index is 604. The quantitative estimate of drug-likeness (QED) is 0.846. The topological polar surface area (TPSA) is 50.7 Å². The van der Waals surface area contributed by atoms with Gasteiger partial charge in [-0.1, -0.05) is 27.2 Å². The molecule has 0 amide bonds. The molecule has 0 spiro atoms. The number of carbonyl (C=O) groups excluding carboxylic acids is 1. The molecule has 4 nitrogen and oxygen atoms in total. The molecule has 0 unspecified atom stereocenters. The first-order valence-electron chi connectivity index (χ1n) is 8.59. The molecule has 1 aromatic rings. The van der Waals surface area contributed by atoms with Gasteiger partial charge in [-0.3, -0.25) is 4.79 Å². The first-order chi connectivity index (χ1) is 11.0. The molecule has 0 aromatic heterocycles. The summed E-state index contributed by atoms with van der Waals surface area (Å²) < 4.78 is 5.70. The number of Topliss-reactive ketones (excluding diaryl/α,β-unsaturated/α-hetero) is 1. The molecule has 1 aliphatic carbocycles. The Kier molecular flexibility index (Phi) is 4.42. The molecule has 23 heavy (non-hydrogen) atoms. The standard InChI is InChI=1S/C19H26N2O2/c1-4-5-10-23-14-8-6-13(7-9-14)18-17-15(20-21-18)11-19(2,3)12-16(17)22/h6-9,15,17,20H,4-5,10-12H2,1-3H3/t15-,17+/m0/s1. The minimum Gasteiger partial charge on any atom is -0.494 e. The van der Waals surface area contributed by atoms with Crippen molar-refractivity contribution in [2.75, 3.05) is 6.61 Å². The van der Waals surface area contributed by atoms with Crippen LogP contribution in [0.2, 0.25) is 0 Å². The number of nitrogens with one attached hydrogen (secondary N) is 1. The van der Waals surface area contributed by atoms with Gasteiger partial charge in [0, 0.05) is 6.42 Å². The van der Waals surface area contributed by atoms with Crippen molar-refractivity contribution in [1.29, 1.82) is 0 Å². The number of fused-ring (bicyclic) bond motifs is 1. The molecule has 1 aromatic carbocycles. The van der Waals surface area contributed by atoms with Gasteiger partial charge >= 0.3 is 0 Å². The molecule has 2 atom stereocenters. The summed E-state index contributed by atoms with van der Waals surface area (Å²) in [7, 11) is 0. The highest BCUT2D eigenvalue weighted by Gasteiger charge is 2.46. The molecule has 2 aliphatic rings. The molecule has 1 fully saturated rings. The van der Waals surface area contributed by atoms with Crippen molar-refractivity contribution in [3.05, 3.63) is 29.8 Å². The minimum atomic E-state index is -0.102. The van der Waals surface area contributed by atoms with E-state index in [0.29, 0.717) is 12.2 Å². The van der Waals surface area contributed by atoms with Crippen molar-refractivity contribution in [3.8, 4) is 5.75 Å². The molecule has 1 N–H and O–H groups in total. The van der Waals surface area contributed by atoms with Gasteiger partial charge in [-0.2, -0.15) is 5.10 Å². The Morgan fingerprint density at radius 3 is 2.74 bits per heavy atom. The predicted octanol–water partition coefficient (Wildman–Crippen LogP) is 3.55. The van der Waals surface area contributed by atoms with Crippen molar-refractivity contribution >= 4 is 11.5 Å². The molecule has 124 valence electrons. The highest BCUT2D eigenvalue weighted by Crippen LogP contribution is 2.39. The van der Waals surface area contributed by atoms with Crippen molar-refractivity contribution in [3.63, 3.8) is 0 Å². The average Bonchev–Trinajstić information content (AvgIpc) is 2.91. The third-order valence-electron chi connectivity index (χ3n) is 4.74. The van der Waals surface area contributed by atoms with E-state index < -0.39 is 0 Å². The summed E-state index contributed by atoms with van der Waals surface area (Å²) in [5, 5.41) is 4.48. The summed E-state index contributed by atoms with van der Waals surface area (Å²) >= 11 is 0. The maximum Gasteiger partial charge on any atom is 0.144 e. The summed E-state index contributed by atoms with van der Waals surface area (Å²) in [4.78, 5) is 12.6. The Hall–Kier alpha value is -1.84. The summed E-state index contributed by atoms with van der Waals surface area (Å²) in [6, 6.07) is 8.10. The summed E-state index contributed by atoms with van der Waals surface area (Å²) in [6.45, 7) is 7.21.